The highest BCUT2D eigenvalue weighted by atomic mass is 32.2. The van der Waals surface area contributed by atoms with Gasteiger partial charge in [-0.15, -0.1) is 0 Å². The monoisotopic (exact) mass is 475 g/mol. The summed E-state index contributed by atoms with van der Waals surface area (Å²) in [5, 5.41) is 1.46. The average molecular weight is 476 g/mol. The summed E-state index contributed by atoms with van der Waals surface area (Å²) in [5.41, 5.74) is 1.76. The fraction of sp³-hybridized carbons (Fsp3) is 0.120. The molecule has 0 aliphatic carbocycles. The molecule has 0 saturated carbocycles. The van der Waals surface area contributed by atoms with Gasteiger partial charge in [0.25, 0.3) is 5.56 Å². The zero-order valence-electron chi connectivity index (χ0n) is 18.0. The van der Waals surface area contributed by atoms with E-state index in [4.69, 9.17) is 9.15 Å². The number of pyridine rings is 1. The lowest BCUT2D eigenvalue weighted by Gasteiger charge is -2.13. The molecule has 0 spiro atoms. The molecular weight excluding hydrogens is 457 g/mol. The van der Waals surface area contributed by atoms with Crippen molar-refractivity contribution in [3.05, 3.63) is 100 Å². The Hall–Kier alpha value is -3.98. The molecule has 7 nitrogen and oxygen atoms in total. The first-order valence-electron chi connectivity index (χ1n) is 10.3. The Morgan fingerprint density at radius 3 is 2.85 bits per heavy atom. The molecule has 0 radical (unpaired) electrons. The van der Waals surface area contributed by atoms with Crippen LogP contribution in [-0.2, 0) is 17.0 Å². The lowest BCUT2D eigenvalue weighted by molar-refractivity contribution is 0.0601. The molecule has 34 heavy (non-hydrogen) atoms. The molecule has 9 heteroatoms. The Morgan fingerprint density at radius 2 is 2.06 bits per heavy atom. The Morgan fingerprint density at radius 1 is 1.18 bits per heavy atom. The highest BCUT2D eigenvalue weighted by Crippen LogP contribution is 2.27. The minimum absolute atomic E-state index is 0.179. The number of aromatic nitrogens is 3. The largest absolute Gasteiger partial charge is 0.467 e. The fourth-order valence-corrected chi connectivity index (χ4v) is 4.70. The molecule has 0 N–H and O–H groups in total. The van der Waals surface area contributed by atoms with Crippen LogP contribution < -0.4 is 5.56 Å². The molecule has 0 saturated heterocycles. The number of halogens is 1. The Balaban J connectivity index is 1.60. The number of fused-ring (bicyclic) bond motifs is 2. The van der Waals surface area contributed by atoms with Crippen molar-refractivity contribution in [1.29, 1.82) is 0 Å². The number of rotatable bonds is 6. The summed E-state index contributed by atoms with van der Waals surface area (Å²) >= 11 is 1.28. The van der Waals surface area contributed by atoms with E-state index in [0.29, 0.717) is 49.6 Å². The van der Waals surface area contributed by atoms with E-state index in [2.05, 4.69) is 9.97 Å². The number of hydrogen-bond acceptors (Lipinski definition) is 7. The number of nitrogens with zero attached hydrogens (tertiary/aromatic N) is 3. The summed E-state index contributed by atoms with van der Waals surface area (Å²) in [7, 11) is 1.29. The van der Waals surface area contributed by atoms with E-state index < -0.39 is 5.97 Å². The number of benzene rings is 2. The zero-order valence-corrected chi connectivity index (χ0v) is 18.8. The smallest absolute Gasteiger partial charge is 0.337 e. The van der Waals surface area contributed by atoms with Crippen LogP contribution in [0.15, 0.2) is 81.4 Å². The molecule has 3 heterocycles. The lowest BCUT2D eigenvalue weighted by Crippen LogP contribution is -2.24. The maximum atomic E-state index is 14.2. The van der Waals surface area contributed by atoms with Crippen molar-refractivity contribution in [1.82, 2.24) is 14.5 Å². The molecule has 2 aromatic carbocycles. The standard InChI is InChI=1S/C25H18FN3O4S/c1-32-24(31)16-6-7-20-21(12-16)28-25(29(23(20)30)13-19-5-3-9-33-19)34-14-17-11-18(26)10-15-4-2-8-27-22(15)17/h2-12H,13-14H2,1H3. The van der Waals surface area contributed by atoms with Crippen LogP contribution in [0.25, 0.3) is 21.8 Å². The van der Waals surface area contributed by atoms with Crippen LogP contribution in [0.5, 0.6) is 0 Å². The molecule has 0 aliphatic rings. The predicted octanol–water partition coefficient (Wildman–Crippen LogP) is 4.80. The van der Waals surface area contributed by atoms with Crippen LogP contribution in [0.4, 0.5) is 4.39 Å². The summed E-state index contributed by atoms with van der Waals surface area (Å²) in [6.07, 6.45) is 3.19. The number of methoxy groups -OCH3 is 1. The first-order chi connectivity index (χ1) is 16.5. The van der Waals surface area contributed by atoms with E-state index in [1.807, 2.05) is 0 Å². The Bertz CT molecular complexity index is 1580. The summed E-state index contributed by atoms with van der Waals surface area (Å²) in [6.45, 7) is 0.179. The quantitative estimate of drug-likeness (QED) is 0.198. The van der Waals surface area contributed by atoms with E-state index >= 15 is 0 Å². The van der Waals surface area contributed by atoms with Gasteiger partial charge in [0.15, 0.2) is 5.16 Å². The molecular formula is C25H18FN3O4S. The second-order valence-electron chi connectivity index (χ2n) is 7.52. The van der Waals surface area contributed by atoms with Crippen molar-refractivity contribution in [2.45, 2.75) is 17.5 Å². The van der Waals surface area contributed by atoms with Crippen molar-refractivity contribution >= 4 is 39.5 Å². The number of esters is 1. The fourth-order valence-electron chi connectivity index (χ4n) is 3.73. The average Bonchev–Trinajstić information content (AvgIpc) is 3.37. The van der Waals surface area contributed by atoms with Crippen LogP contribution in [0.1, 0.15) is 21.7 Å². The number of thioether (sulfide) groups is 1. The number of carbonyl (C=O) groups is 1. The van der Waals surface area contributed by atoms with Crippen molar-refractivity contribution in [3.8, 4) is 0 Å². The van der Waals surface area contributed by atoms with E-state index in [-0.39, 0.29) is 17.9 Å². The number of carbonyl (C=O) groups excluding carboxylic acids is 1. The summed E-state index contributed by atoms with van der Waals surface area (Å²) < 4.78 is 26.0. The molecule has 0 amide bonds. The number of ether oxygens (including phenoxy) is 1. The maximum Gasteiger partial charge on any atom is 0.337 e. The van der Waals surface area contributed by atoms with Crippen LogP contribution in [-0.4, -0.2) is 27.6 Å². The minimum atomic E-state index is -0.519. The topological polar surface area (TPSA) is 87.2 Å². The van der Waals surface area contributed by atoms with Crippen LogP contribution in [0, 0.1) is 5.82 Å². The molecule has 0 bridgehead atoms. The number of hydrogen-bond donors (Lipinski definition) is 0. The Labute approximate surface area is 197 Å². The highest BCUT2D eigenvalue weighted by Gasteiger charge is 2.16. The van der Waals surface area contributed by atoms with Gasteiger partial charge in [-0.1, -0.05) is 17.8 Å². The highest BCUT2D eigenvalue weighted by molar-refractivity contribution is 7.98. The van der Waals surface area contributed by atoms with Crippen LogP contribution in [0.3, 0.4) is 0 Å². The van der Waals surface area contributed by atoms with Gasteiger partial charge < -0.3 is 9.15 Å². The lowest BCUT2D eigenvalue weighted by atomic mass is 10.1. The van der Waals surface area contributed by atoms with E-state index in [0.717, 1.165) is 0 Å². The van der Waals surface area contributed by atoms with Crippen LogP contribution >= 0.6 is 11.8 Å². The van der Waals surface area contributed by atoms with Gasteiger partial charge in [0.05, 0.1) is 41.9 Å². The molecule has 0 unspecified atom stereocenters. The summed E-state index contributed by atoms with van der Waals surface area (Å²) in [4.78, 5) is 34.4. The SMILES string of the molecule is COC(=O)c1ccc2c(=O)n(Cc3ccco3)c(SCc3cc(F)cc4cccnc34)nc2c1. The van der Waals surface area contributed by atoms with Gasteiger partial charge in [-0.05, 0) is 54.1 Å². The van der Waals surface area contributed by atoms with E-state index in [1.165, 1.54) is 54.0 Å². The zero-order chi connectivity index (χ0) is 23.7. The molecule has 5 aromatic rings. The van der Waals surface area contributed by atoms with Crippen molar-refractivity contribution in [3.63, 3.8) is 0 Å². The van der Waals surface area contributed by atoms with Crippen molar-refractivity contribution in [2.24, 2.45) is 0 Å². The Kier molecular flexibility index (Phi) is 5.85. The van der Waals surface area contributed by atoms with Crippen molar-refractivity contribution < 1.29 is 18.3 Å². The van der Waals surface area contributed by atoms with E-state index in [9.17, 15) is 14.0 Å². The second kappa shape index (κ2) is 9.11. The number of furan rings is 1. The minimum Gasteiger partial charge on any atom is -0.467 e. The molecule has 0 aliphatic heterocycles. The molecule has 3 aromatic heterocycles. The molecule has 5 rings (SSSR count). The molecule has 0 atom stereocenters. The van der Waals surface area contributed by atoms with Gasteiger partial charge in [-0.25, -0.2) is 14.2 Å². The first-order valence-corrected chi connectivity index (χ1v) is 11.3. The molecule has 170 valence electrons. The third kappa shape index (κ3) is 4.17. The normalized spacial score (nSPS) is 11.2. The van der Waals surface area contributed by atoms with Gasteiger partial charge >= 0.3 is 5.97 Å². The van der Waals surface area contributed by atoms with Gasteiger partial charge in [0, 0.05) is 17.3 Å². The third-order valence-corrected chi connectivity index (χ3v) is 6.37. The van der Waals surface area contributed by atoms with Gasteiger partial charge in [-0.2, -0.15) is 0 Å². The van der Waals surface area contributed by atoms with Gasteiger partial charge in [0.2, 0.25) is 0 Å². The van der Waals surface area contributed by atoms with Gasteiger partial charge in [-0.3, -0.25) is 14.3 Å². The predicted molar refractivity (Wildman–Crippen MR) is 126 cm³/mol. The van der Waals surface area contributed by atoms with Crippen molar-refractivity contribution in [2.75, 3.05) is 7.11 Å². The summed E-state index contributed by atoms with van der Waals surface area (Å²) in [6, 6.07) is 14.6. The second-order valence-corrected chi connectivity index (χ2v) is 8.46. The molecule has 0 fully saturated rings. The maximum absolute atomic E-state index is 14.2. The summed E-state index contributed by atoms with van der Waals surface area (Å²) in [5.74, 6) is 0.0420. The van der Waals surface area contributed by atoms with E-state index in [1.54, 1.807) is 36.5 Å². The third-order valence-electron chi connectivity index (χ3n) is 5.34. The first kappa shape index (κ1) is 21.8. The van der Waals surface area contributed by atoms with Gasteiger partial charge in [0.1, 0.15) is 11.6 Å². The van der Waals surface area contributed by atoms with Crippen LogP contribution in [0.2, 0.25) is 0 Å².